The van der Waals surface area contributed by atoms with Crippen LogP contribution in [0.25, 0.3) is 0 Å². The number of carboxylic acid groups (broad SMARTS) is 1. The van der Waals surface area contributed by atoms with Crippen LogP contribution in [0.5, 0.6) is 0 Å². The lowest BCUT2D eigenvalue weighted by Gasteiger charge is -2.36. The molecule has 1 saturated carbocycles. The summed E-state index contributed by atoms with van der Waals surface area (Å²) in [7, 11) is -4.34. The lowest BCUT2D eigenvalue weighted by atomic mass is 9.78. The van der Waals surface area contributed by atoms with E-state index in [1.54, 1.807) is 0 Å². The first-order valence-electron chi connectivity index (χ1n) is 5.10. The van der Waals surface area contributed by atoms with Crippen LogP contribution < -0.4 is 0 Å². The molecule has 1 fully saturated rings. The van der Waals surface area contributed by atoms with Crippen molar-refractivity contribution in [3.63, 3.8) is 0 Å². The summed E-state index contributed by atoms with van der Waals surface area (Å²) >= 11 is 0. The predicted octanol–water partition coefficient (Wildman–Crippen LogP) is -1.58. The summed E-state index contributed by atoms with van der Waals surface area (Å²) in [6, 6.07) is 0. The summed E-state index contributed by atoms with van der Waals surface area (Å²) < 4.78 is 10.7. The predicted molar refractivity (Wildman–Crippen MR) is 58.8 cm³/mol. The molecular weight excluding hydrogens is 267 g/mol. The maximum Gasteiger partial charge on any atom is 0.336 e. The van der Waals surface area contributed by atoms with Crippen molar-refractivity contribution in [1.82, 2.24) is 0 Å². The molecule has 0 aliphatic heterocycles. The molecule has 9 heteroatoms. The molecule has 0 heterocycles. The molecule has 0 aromatic carbocycles. The molecule has 0 saturated heterocycles. The lowest BCUT2D eigenvalue weighted by molar-refractivity contribution is -0.167. The zero-order valence-electron chi connectivity index (χ0n) is 9.30. The van der Waals surface area contributed by atoms with Gasteiger partial charge < -0.3 is 30.2 Å². The Morgan fingerprint density at radius 1 is 1.44 bits per heavy atom. The van der Waals surface area contributed by atoms with Crippen molar-refractivity contribution >= 4 is 13.6 Å². The minimum Gasteiger partial charge on any atom is -0.479 e. The van der Waals surface area contributed by atoms with Gasteiger partial charge >= 0.3 is 13.6 Å². The Morgan fingerprint density at radius 2 is 2.00 bits per heavy atom. The SMILES string of the molecule is O=C(O)[C@]1(O)C/C(=C/CP(=O)(O)O)[C@@H](O)[C@H](O)C1. The fourth-order valence-electron chi connectivity index (χ4n) is 1.81. The summed E-state index contributed by atoms with van der Waals surface area (Å²) in [4.78, 5) is 28.2. The third-order valence-corrected chi connectivity index (χ3v) is 3.44. The Kier molecular flexibility index (Phi) is 4.32. The first-order valence-corrected chi connectivity index (χ1v) is 6.90. The highest BCUT2D eigenvalue weighted by Crippen LogP contribution is 2.38. The van der Waals surface area contributed by atoms with Gasteiger partial charge in [-0.2, -0.15) is 0 Å². The molecular formula is C9H15O8P. The molecule has 8 nitrogen and oxygen atoms in total. The maximum atomic E-state index is 10.9. The molecule has 6 N–H and O–H groups in total. The molecule has 0 amide bonds. The number of carboxylic acids is 1. The van der Waals surface area contributed by atoms with E-state index in [0.29, 0.717) is 0 Å². The number of aliphatic carboxylic acids is 1. The van der Waals surface area contributed by atoms with Crippen molar-refractivity contribution in [1.29, 1.82) is 0 Å². The van der Waals surface area contributed by atoms with Gasteiger partial charge in [0.15, 0.2) is 5.60 Å². The largest absolute Gasteiger partial charge is 0.479 e. The first-order chi connectivity index (χ1) is 8.05. The minimum absolute atomic E-state index is 0.0954. The highest BCUT2D eigenvalue weighted by atomic mass is 31.2. The monoisotopic (exact) mass is 282 g/mol. The summed E-state index contributed by atoms with van der Waals surface area (Å²) in [5.74, 6) is -1.56. The summed E-state index contributed by atoms with van der Waals surface area (Å²) in [5.41, 5.74) is -2.33. The van der Waals surface area contributed by atoms with Crippen LogP contribution in [0.4, 0.5) is 0 Å². The van der Waals surface area contributed by atoms with Gasteiger partial charge in [0, 0.05) is 12.8 Å². The number of hydrogen-bond acceptors (Lipinski definition) is 5. The summed E-state index contributed by atoms with van der Waals surface area (Å²) in [6.45, 7) is 0. The highest BCUT2D eigenvalue weighted by molar-refractivity contribution is 7.51. The van der Waals surface area contributed by atoms with E-state index in [4.69, 9.17) is 14.9 Å². The molecule has 1 aliphatic rings. The summed E-state index contributed by atoms with van der Waals surface area (Å²) in [6.07, 6.45) is -3.69. The molecule has 0 radical (unpaired) electrons. The summed E-state index contributed by atoms with van der Waals surface area (Å²) in [5, 5.41) is 37.6. The molecule has 1 rings (SSSR count). The van der Waals surface area contributed by atoms with E-state index >= 15 is 0 Å². The highest BCUT2D eigenvalue weighted by Gasteiger charge is 2.46. The molecule has 0 spiro atoms. The first kappa shape index (κ1) is 15.3. The second kappa shape index (κ2) is 5.08. The van der Waals surface area contributed by atoms with E-state index in [2.05, 4.69) is 0 Å². The standard InChI is InChI=1S/C9H15O8P/c10-6-4-9(14,8(12)13)3-5(7(6)11)1-2-18(15,16)17/h1,6-7,10-11,14H,2-4H2,(H,12,13)(H2,15,16,17)/b5-1-/t6-,7-,9+/m1/s1. The van der Waals surface area contributed by atoms with Crippen LogP contribution in [-0.2, 0) is 9.36 Å². The van der Waals surface area contributed by atoms with Gasteiger partial charge in [0.25, 0.3) is 0 Å². The van der Waals surface area contributed by atoms with E-state index in [0.717, 1.165) is 6.08 Å². The molecule has 0 bridgehead atoms. The van der Waals surface area contributed by atoms with Crippen LogP contribution >= 0.6 is 7.60 Å². The second-order valence-electron chi connectivity index (χ2n) is 4.36. The number of aliphatic hydroxyl groups is 3. The second-order valence-corrected chi connectivity index (χ2v) is 6.05. The van der Waals surface area contributed by atoms with Crippen LogP contribution in [0, 0.1) is 0 Å². The van der Waals surface area contributed by atoms with Gasteiger partial charge in [-0.05, 0) is 5.57 Å². The molecule has 104 valence electrons. The topological polar surface area (TPSA) is 156 Å². The van der Waals surface area contributed by atoms with E-state index in [-0.39, 0.29) is 5.57 Å². The number of rotatable bonds is 3. The fourth-order valence-corrected chi connectivity index (χ4v) is 2.28. The normalized spacial score (nSPS) is 35.7. The van der Waals surface area contributed by atoms with Gasteiger partial charge in [-0.25, -0.2) is 4.79 Å². The Balaban J connectivity index is 2.96. The van der Waals surface area contributed by atoms with E-state index in [1.807, 2.05) is 0 Å². The number of carbonyl (C=O) groups is 1. The van der Waals surface area contributed by atoms with Crippen molar-refractivity contribution < 1.29 is 39.6 Å². The molecule has 1 aliphatic carbocycles. The van der Waals surface area contributed by atoms with E-state index < -0.39 is 50.4 Å². The van der Waals surface area contributed by atoms with Crippen LogP contribution in [0.3, 0.4) is 0 Å². The fraction of sp³-hybridized carbons (Fsp3) is 0.667. The van der Waals surface area contributed by atoms with Crippen LogP contribution in [0.15, 0.2) is 11.6 Å². The van der Waals surface area contributed by atoms with Gasteiger partial charge in [-0.15, -0.1) is 0 Å². The zero-order valence-corrected chi connectivity index (χ0v) is 10.2. The third kappa shape index (κ3) is 3.61. The molecule has 0 aromatic heterocycles. The third-order valence-electron chi connectivity index (χ3n) is 2.78. The van der Waals surface area contributed by atoms with Crippen molar-refractivity contribution in [2.24, 2.45) is 0 Å². The van der Waals surface area contributed by atoms with Gasteiger partial charge in [0.05, 0.1) is 12.3 Å². The quantitative estimate of drug-likeness (QED) is 0.267. The zero-order chi connectivity index (χ0) is 14.1. The van der Waals surface area contributed by atoms with Crippen LogP contribution in [-0.4, -0.2) is 60.2 Å². The van der Waals surface area contributed by atoms with Gasteiger partial charge in [0.2, 0.25) is 0 Å². The molecule has 3 atom stereocenters. The number of allylic oxidation sites excluding steroid dienone is 1. The molecule has 0 unspecified atom stereocenters. The van der Waals surface area contributed by atoms with Crippen molar-refractivity contribution in [3.8, 4) is 0 Å². The Hall–Kier alpha value is -0.760. The van der Waals surface area contributed by atoms with Crippen LogP contribution in [0.1, 0.15) is 12.8 Å². The van der Waals surface area contributed by atoms with Crippen molar-refractivity contribution in [3.05, 3.63) is 11.6 Å². The number of hydrogen-bond donors (Lipinski definition) is 6. The van der Waals surface area contributed by atoms with Gasteiger partial charge in [0.1, 0.15) is 6.10 Å². The number of aliphatic hydroxyl groups excluding tert-OH is 2. The maximum absolute atomic E-state index is 10.9. The van der Waals surface area contributed by atoms with E-state index in [1.165, 1.54) is 0 Å². The molecule has 0 aromatic rings. The van der Waals surface area contributed by atoms with Crippen molar-refractivity contribution in [2.45, 2.75) is 30.7 Å². The average Bonchev–Trinajstić information content (AvgIpc) is 2.20. The smallest absolute Gasteiger partial charge is 0.336 e. The Labute approximate surface area is 102 Å². The Bertz CT molecular complexity index is 413. The van der Waals surface area contributed by atoms with Gasteiger partial charge in [-0.3, -0.25) is 4.57 Å². The van der Waals surface area contributed by atoms with E-state index in [9.17, 15) is 24.7 Å². The average molecular weight is 282 g/mol. The lowest BCUT2D eigenvalue weighted by Crippen LogP contribution is -2.50. The minimum atomic E-state index is -4.34. The van der Waals surface area contributed by atoms with Gasteiger partial charge in [-0.1, -0.05) is 6.08 Å². The molecule has 18 heavy (non-hydrogen) atoms. The Morgan fingerprint density at radius 3 is 2.44 bits per heavy atom. The van der Waals surface area contributed by atoms with Crippen molar-refractivity contribution in [2.75, 3.05) is 6.16 Å². The van der Waals surface area contributed by atoms with Crippen LogP contribution in [0.2, 0.25) is 0 Å².